The summed E-state index contributed by atoms with van der Waals surface area (Å²) < 4.78 is 19.8. The number of nitrogens with one attached hydrogen (secondary N) is 1. The van der Waals surface area contributed by atoms with Crippen LogP contribution in [0.4, 0.5) is 4.39 Å². The third-order valence-corrected chi connectivity index (χ3v) is 5.94. The Balaban J connectivity index is 1.97. The van der Waals surface area contributed by atoms with Crippen LogP contribution in [-0.2, 0) is 24.7 Å². The highest BCUT2D eigenvalue weighted by Crippen LogP contribution is 2.53. The number of fused-ring (bicyclic) bond motifs is 1. The van der Waals surface area contributed by atoms with E-state index in [1.165, 1.54) is 13.2 Å². The van der Waals surface area contributed by atoms with Crippen LogP contribution in [0.1, 0.15) is 24.1 Å². The van der Waals surface area contributed by atoms with Gasteiger partial charge in [-0.3, -0.25) is 19.8 Å². The van der Waals surface area contributed by atoms with E-state index in [2.05, 4.69) is 5.32 Å². The van der Waals surface area contributed by atoms with Crippen LogP contribution in [0.2, 0.25) is 0 Å². The maximum absolute atomic E-state index is 14.7. The van der Waals surface area contributed by atoms with Gasteiger partial charge in [-0.1, -0.05) is 48.5 Å². The molecule has 0 radical (unpaired) electrons. The Morgan fingerprint density at radius 2 is 1.76 bits per heavy atom. The Hall–Kier alpha value is -3.06. The topological polar surface area (TPSA) is 75.7 Å². The maximum atomic E-state index is 14.7. The van der Waals surface area contributed by atoms with Crippen LogP contribution < -0.4 is 5.32 Å². The average molecular weight is 396 g/mol. The predicted molar refractivity (Wildman–Crippen MR) is 102 cm³/mol. The van der Waals surface area contributed by atoms with Crippen molar-refractivity contribution in [1.82, 2.24) is 10.2 Å². The summed E-state index contributed by atoms with van der Waals surface area (Å²) in [4.78, 5) is 40.7. The number of esters is 1. The number of nitrogens with zero attached hydrogens (tertiary/aromatic N) is 1. The molecule has 4 rings (SSSR count). The molecular formula is C22H21FN2O4. The van der Waals surface area contributed by atoms with Gasteiger partial charge in [-0.05, 0) is 18.6 Å². The molecule has 2 heterocycles. The summed E-state index contributed by atoms with van der Waals surface area (Å²) in [7, 11) is 1.24. The van der Waals surface area contributed by atoms with Crippen molar-refractivity contribution in [2.24, 2.45) is 11.8 Å². The molecule has 0 aliphatic carbocycles. The quantitative estimate of drug-likeness (QED) is 0.633. The molecule has 0 aromatic heterocycles. The molecule has 2 fully saturated rings. The second-order valence-corrected chi connectivity index (χ2v) is 7.23. The molecule has 2 aliphatic rings. The summed E-state index contributed by atoms with van der Waals surface area (Å²) in [5.74, 6) is -4.01. The van der Waals surface area contributed by atoms with Crippen LogP contribution in [0, 0.1) is 17.7 Å². The summed E-state index contributed by atoms with van der Waals surface area (Å²) >= 11 is 0. The lowest BCUT2D eigenvalue weighted by molar-refractivity contribution is -0.154. The van der Waals surface area contributed by atoms with E-state index in [0.717, 1.165) is 4.90 Å². The molecule has 2 aromatic carbocycles. The fourth-order valence-electron chi connectivity index (χ4n) is 4.71. The van der Waals surface area contributed by atoms with Gasteiger partial charge in [0.2, 0.25) is 11.8 Å². The first kappa shape index (κ1) is 19.3. The van der Waals surface area contributed by atoms with Crippen molar-refractivity contribution < 1.29 is 23.5 Å². The highest BCUT2D eigenvalue weighted by molar-refractivity contribution is 6.09. The number of halogens is 1. The normalized spacial score (nSPS) is 28.5. The van der Waals surface area contributed by atoms with Gasteiger partial charge in [-0.25, -0.2) is 9.18 Å². The van der Waals surface area contributed by atoms with E-state index in [1.54, 1.807) is 55.5 Å². The van der Waals surface area contributed by atoms with Gasteiger partial charge in [0.15, 0.2) is 5.54 Å². The SMILES string of the molecule is CCN1C(=O)[C@@H]2[C@@H](c3ccccc3F)N[C@](C(=O)OC)(c3ccccc3)[C@@H]2C1=O. The number of amides is 2. The van der Waals surface area contributed by atoms with Gasteiger partial charge in [-0.2, -0.15) is 0 Å². The van der Waals surface area contributed by atoms with Gasteiger partial charge in [0.1, 0.15) is 5.82 Å². The van der Waals surface area contributed by atoms with E-state index < -0.39 is 47.0 Å². The molecule has 2 amide bonds. The Morgan fingerprint density at radius 3 is 2.38 bits per heavy atom. The number of ether oxygens (including phenoxy) is 1. The molecule has 6 nitrogen and oxygen atoms in total. The van der Waals surface area contributed by atoms with E-state index in [4.69, 9.17) is 4.74 Å². The first-order valence-corrected chi connectivity index (χ1v) is 9.48. The van der Waals surface area contributed by atoms with Crippen molar-refractivity contribution in [1.29, 1.82) is 0 Å². The molecule has 0 bridgehead atoms. The van der Waals surface area contributed by atoms with E-state index in [1.807, 2.05) is 0 Å². The highest BCUT2D eigenvalue weighted by Gasteiger charge is 2.69. The van der Waals surface area contributed by atoms with Crippen LogP contribution in [0.5, 0.6) is 0 Å². The van der Waals surface area contributed by atoms with Crippen molar-refractivity contribution in [3.63, 3.8) is 0 Å². The van der Waals surface area contributed by atoms with Crippen molar-refractivity contribution in [2.45, 2.75) is 18.5 Å². The summed E-state index contributed by atoms with van der Waals surface area (Å²) in [5, 5.41) is 3.15. The second kappa shape index (κ2) is 7.08. The van der Waals surface area contributed by atoms with Crippen LogP contribution in [0.15, 0.2) is 54.6 Å². The molecule has 2 saturated heterocycles. The molecule has 4 atom stereocenters. The van der Waals surface area contributed by atoms with Crippen molar-refractivity contribution in [3.05, 3.63) is 71.5 Å². The zero-order chi connectivity index (χ0) is 20.8. The first-order chi connectivity index (χ1) is 14.0. The number of likely N-dealkylation sites (tertiary alicyclic amines) is 1. The molecule has 2 aliphatic heterocycles. The molecule has 0 unspecified atom stereocenters. The van der Waals surface area contributed by atoms with Gasteiger partial charge < -0.3 is 4.74 Å². The van der Waals surface area contributed by atoms with Crippen LogP contribution in [-0.4, -0.2) is 36.3 Å². The van der Waals surface area contributed by atoms with Crippen LogP contribution in [0.3, 0.4) is 0 Å². The molecule has 29 heavy (non-hydrogen) atoms. The average Bonchev–Trinajstić information content (AvgIpc) is 3.23. The lowest BCUT2D eigenvalue weighted by Crippen LogP contribution is -2.53. The lowest BCUT2D eigenvalue weighted by atomic mass is 9.75. The van der Waals surface area contributed by atoms with Crippen molar-refractivity contribution in [2.75, 3.05) is 13.7 Å². The van der Waals surface area contributed by atoms with E-state index in [-0.39, 0.29) is 12.1 Å². The Morgan fingerprint density at radius 1 is 1.10 bits per heavy atom. The molecule has 7 heteroatoms. The number of carbonyl (C=O) groups is 3. The van der Waals surface area contributed by atoms with Gasteiger partial charge >= 0.3 is 5.97 Å². The lowest BCUT2D eigenvalue weighted by Gasteiger charge is -2.32. The van der Waals surface area contributed by atoms with Gasteiger partial charge in [-0.15, -0.1) is 0 Å². The minimum absolute atomic E-state index is 0.181. The third-order valence-electron chi connectivity index (χ3n) is 5.94. The molecule has 0 saturated carbocycles. The summed E-state index contributed by atoms with van der Waals surface area (Å²) in [6.45, 7) is 1.88. The van der Waals surface area contributed by atoms with Crippen LogP contribution in [0.25, 0.3) is 0 Å². The molecule has 1 N–H and O–H groups in total. The van der Waals surface area contributed by atoms with Gasteiger partial charge in [0.05, 0.1) is 18.9 Å². The number of imide groups is 1. The van der Waals surface area contributed by atoms with Crippen molar-refractivity contribution in [3.8, 4) is 0 Å². The summed E-state index contributed by atoms with van der Waals surface area (Å²) in [6.07, 6.45) is 0. The van der Waals surface area contributed by atoms with E-state index >= 15 is 0 Å². The number of benzene rings is 2. The Labute approximate surface area is 167 Å². The number of hydrogen-bond acceptors (Lipinski definition) is 5. The zero-order valence-corrected chi connectivity index (χ0v) is 16.1. The first-order valence-electron chi connectivity index (χ1n) is 9.48. The fraction of sp³-hybridized carbons (Fsp3) is 0.318. The largest absolute Gasteiger partial charge is 0.467 e. The summed E-state index contributed by atoms with van der Waals surface area (Å²) in [5.41, 5.74) is -0.854. The molecular weight excluding hydrogens is 375 g/mol. The van der Waals surface area contributed by atoms with Crippen LogP contribution >= 0.6 is 0 Å². The molecule has 0 spiro atoms. The molecule has 2 aromatic rings. The number of hydrogen-bond donors (Lipinski definition) is 1. The second-order valence-electron chi connectivity index (χ2n) is 7.23. The van der Waals surface area contributed by atoms with Crippen molar-refractivity contribution >= 4 is 17.8 Å². The molecule has 150 valence electrons. The Bertz CT molecular complexity index is 980. The van der Waals surface area contributed by atoms with E-state index in [0.29, 0.717) is 5.56 Å². The monoisotopic (exact) mass is 396 g/mol. The van der Waals surface area contributed by atoms with E-state index in [9.17, 15) is 18.8 Å². The Kier molecular flexibility index (Phi) is 4.70. The summed E-state index contributed by atoms with van der Waals surface area (Å²) in [6, 6.07) is 13.9. The fourth-order valence-corrected chi connectivity index (χ4v) is 4.71. The smallest absolute Gasteiger partial charge is 0.331 e. The zero-order valence-electron chi connectivity index (χ0n) is 16.1. The third kappa shape index (κ3) is 2.61. The number of rotatable bonds is 4. The highest BCUT2D eigenvalue weighted by atomic mass is 19.1. The minimum Gasteiger partial charge on any atom is -0.467 e. The predicted octanol–water partition coefficient (Wildman–Crippen LogP) is 2.16. The van der Waals surface area contributed by atoms with Gasteiger partial charge in [0.25, 0.3) is 0 Å². The standard InChI is InChI=1S/C22H21FN2O4/c1-3-25-19(26)16-17(20(25)27)22(21(28)29-2,13-9-5-4-6-10-13)24-18(16)14-11-7-8-12-15(14)23/h4-12,16-18,24H,3H2,1-2H3/t16-,17-,18+,22+/m0/s1. The number of methoxy groups -OCH3 is 1. The number of carbonyl (C=O) groups excluding carboxylic acids is 3. The van der Waals surface area contributed by atoms with Gasteiger partial charge in [0, 0.05) is 18.2 Å². The minimum atomic E-state index is -1.59. The maximum Gasteiger partial charge on any atom is 0.331 e.